The van der Waals surface area contributed by atoms with Gasteiger partial charge in [0.05, 0.1) is 31.4 Å². The summed E-state index contributed by atoms with van der Waals surface area (Å²) in [7, 11) is 1.82. The van der Waals surface area contributed by atoms with E-state index in [2.05, 4.69) is 20.2 Å². The predicted molar refractivity (Wildman–Crippen MR) is 125 cm³/mol. The van der Waals surface area contributed by atoms with Gasteiger partial charge in [0, 0.05) is 37.9 Å². The van der Waals surface area contributed by atoms with Crippen molar-refractivity contribution in [2.24, 2.45) is 7.05 Å². The maximum absolute atomic E-state index is 12.4. The molecule has 0 fully saturated rings. The third-order valence-corrected chi connectivity index (χ3v) is 4.98. The maximum Gasteiger partial charge on any atom is 0.203 e. The molecule has 0 radical (unpaired) electrons. The highest BCUT2D eigenvalue weighted by atomic mass is 16.5. The van der Waals surface area contributed by atoms with Crippen molar-refractivity contribution in [2.45, 2.75) is 19.4 Å². The summed E-state index contributed by atoms with van der Waals surface area (Å²) in [6, 6.07) is 9.17. The van der Waals surface area contributed by atoms with Crippen LogP contribution < -0.4 is 10.2 Å². The second kappa shape index (κ2) is 10.8. The van der Waals surface area contributed by atoms with Gasteiger partial charge in [0.2, 0.25) is 5.43 Å². The van der Waals surface area contributed by atoms with Crippen LogP contribution in [-0.2, 0) is 18.2 Å². The molecule has 1 N–H and O–H groups in total. The molecule has 34 heavy (non-hydrogen) atoms. The number of aryl methyl sites for hydroxylation is 1. The van der Waals surface area contributed by atoms with E-state index in [4.69, 9.17) is 9.47 Å². The van der Waals surface area contributed by atoms with Crippen molar-refractivity contribution in [3.63, 3.8) is 0 Å². The summed E-state index contributed by atoms with van der Waals surface area (Å²) in [5, 5.41) is 18.4. The summed E-state index contributed by atoms with van der Waals surface area (Å²) < 4.78 is 14.0. The highest BCUT2D eigenvalue weighted by Crippen LogP contribution is 2.19. The van der Waals surface area contributed by atoms with E-state index in [9.17, 15) is 9.90 Å². The van der Waals surface area contributed by atoms with Crippen molar-refractivity contribution < 1.29 is 14.6 Å². The lowest BCUT2D eigenvalue weighted by Crippen LogP contribution is -2.23. The van der Waals surface area contributed by atoms with Crippen molar-refractivity contribution in [3.8, 4) is 22.8 Å². The molecule has 1 unspecified atom stereocenters. The van der Waals surface area contributed by atoms with Crippen LogP contribution in [0.5, 0.6) is 5.75 Å². The Kier molecular flexibility index (Phi) is 7.41. The minimum Gasteiger partial charge on any atom is -0.488 e. The lowest BCUT2D eigenvalue weighted by Gasteiger charge is -2.12. The van der Waals surface area contributed by atoms with Crippen LogP contribution in [-0.4, -0.2) is 60.6 Å². The first kappa shape index (κ1) is 23.3. The fourth-order valence-corrected chi connectivity index (χ4v) is 3.29. The Morgan fingerprint density at radius 1 is 1.12 bits per heavy atom. The second-order valence-electron chi connectivity index (χ2n) is 7.69. The van der Waals surface area contributed by atoms with Gasteiger partial charge in [0.25, 0.3) is 0 Å². The summed E-state index contributed by atoms with van der Waals surface area (Å²) in [6.45, 7) is 2.71. The van der Waals surface area contributed by atoms with Crippen LogP contribution in [0.1, 0.15) is 18.2 Å². The Bertz CT molecular complexity index is 1290. The van der Waals surface area contributed by atoms with Crippen LogP contribution in [0.3, 0.4) is 0 Å². The molecule has 10 nitrogen and oxygen atoms in total. The molecule has 1 aromatic carbocycles. The fourth-order valence-electron chi connectivity index (χ4n) is 3.29. The molecular weight excluding hydrogens is 436 g/mol. The average molecular weight is 463 g/mol. The molecule has 4 rings (SSSR count). The molecule has 3 aromatic heterocycles. The van der Waals surface area contributed by atoms with Crippen molar-refractivity contribution >= 4 is 0 Å². The number of rotatable bonds is 10. The molecule has 3 heterocycles. The lowest BCUT2D eigenvalue weighted by molar-refractivity contribution is 0.0163. The lowest BCUT2D eigenvalue weighted by atomic mass is 10.1. The number of hydrogen-bond donors (Lipinski definition) is 1. The zero-order chi connectivity index (χ0) is 23.9. The third kappa shape index (κ3) is 5.91. The number of aliphatic hydroxyl groups excluding tert-OH is 1. The summed E-state index contributed by atoms with van der Waals surface area (Å²) in [5.74, 6) is 0.984. The van der Waals surface area contributed by atoms with Crippen LogP contribution in [0.4, 0.5) is 0 Å². The van der Waals surface area contributed by atoms with Crippen LogP contribution in [0.2, 0.25) is 0 Å². The molecule has 176 valence electrons. The van der Waals surface area contributed by atoms with Crippen molar-refractivity contribution in [3.05, 3.63) is 82.8 Å². The van der Waals surface area contributed by atoms with E-state index in [0.29, 0.717) is 30.3 Å². The summed E-state index contributed by atoms with van der Waals surface area (Å²) >= 11 is 0. The van der Waals surface area contributed by atoms with E-state index in [1.165, 1.54) is 6.07 Å². The minimum absolute atomic E-state index is 0.0961. The molecular formula is C24H26N6O4. The topological polar surface area (TPSA) is 117 Å². The maximum atomic E-state index is 12.4. The van der Waals surface area contributed by atoms with E-state index >= 15 is 0 Å². The molecule has 0 aliphatic rings. The Morgan fingerprint density at radius 3 is 2.68 bits per heavy atom. The van der Waals surface area contributed by atoms with Gasteiger partial charge in [-0.25, -0.2) is 14.6 Å². The van der Waals surface area contributed by atoms with Crippen LogP contribution >= 0.6 is 0 Å². The van der Waals surface area contributed by atoms with Gasteiger partial charge in [0.15, 0.2) is 11.6 Å². The first-order valence-electron chi connectivity index (χ1n) is 10.9. The van der Waals surface area contributed by atoms with Gasteiger partial charge in [-0.15, -0.1) is 0 Å². The number of hydrogen-bond acceptors (Lipinski definition) is 8. The van der Waals surface area contributed by atoms with Crippen LogP contribution in [0.15, 0.2) is 66.1 Å². The van der Waals surface area contributed by atoms with Gasteiger partial charge in [-0.1, -0.05) is 18.2 Å². The monoisotopic (exact) mass is 462 g/mol. The van der Waals surface area contributed by atoms with Gasteiger partial charge < -0.3 is 14.6 Å². The molecule has 0 saturated heterocycles. The predicted octanol–water partition coefficient (Wildman–Crippen LogP) is 1.79. The van der Waals surface area contributed by atoms with Gasteiger partial charge in [0.1, 0.15) is 24.1 Å². The highest BCUT2D eigenvalue weighted by molar-refractivity contribution is 5.56. The van der Waals surface area contributed by atoms with Crippen molar-refractivity contribution in [1.29, 1.82) is 0 Å². The van der Waals surface area contributed by atoms with E-state index in [-0.39, 0.29) is 18.6 Å². The SMILES string of the molecule is CCOCC(O)COc1cnc(-c2cccc(Cc3nn(-c4cnn(C)c4)ccc3=O)c2)nc1. The number of ether oxygens (including phenoxy) is 2. The Morgan fingerprint density at radius 2 is 1.94 bits per heavy atom. The smallest absolute Gasteiger partial charge is 0.203 e. The third-order valence-electron chi connectivity index (χ3n) is 4.98. The van der Waals surface area contributed by atoms with E-state index in [1.54, 1.807) is 34.2 Å². The second-order valence-corrected chi connectivity index (χ2v) is 7.69. The number of benzene rings is 1. The van der Waals surface area contributed by atoms with Gasteiger partial charge in [-0.2, -0.15) is 10.2 Å². The largest absolute Gasteiger partial charge is 0.488 e. The summed E-state index contributed by atoms with van der Waals surface area (Å²) in [6.07, 6.45) is 7.92. The zero-order valence-electron chi connectivity index (χ0n) is 19.0. The van der Waals surface area contributed by atoms with Gasteiger partial charge >= 0.3 is 0 Å². The number of aliphatic hydroxyl groups is 1. The molecule has 0 saturated carbocycles. The molecule has 0 amide bonds. The first-order chi connectivity index (χ1) is 16.5. The molecule has 0 bridgehead atoms. The number of nitrogens with zero attached hydrogens (tertiary/aromatic N) is 6. The first-order valence-corrected chi connectivity index (χ1v) is 10.9. The van der Waals surface area contributed by atoms with E-state index < -0.39 is 6.10 Å². The number of aromatic nitrogens is 6. The zero-order valence-corrected chi connectivity index (χ0v) is 19.0. The Balaban J connectivity index is 1.46. The molecule has 10 heteroatoms. The van der Waals surface area contributed by atoms with E-state index in [0.717, 1.165) is 16.8 Å². The van der Waals surface area contributed by atoms with Gasteiger partial charge in [-0.05, 0) is 18.6 Å². The summed E-state index contributed by atoms with van der Waals surface area (Å²) in [4.78, 5) is 21.2. The molecule has 4 aromatic rings. The Hall–Kier alpha value is -3.89. The van der Waals surface area contributed by atoms with Crippen LogP contribution in [0.25, 0.3) is 17.1 Å². The fraction of sp³-hybridized carbons (Fsp3) is 0.292. The molecule has 0 aliphatic carbocycles. The molecule has 0 spiro atoms. The minimum atomic E-state index is -0.717. The average Bonchev–Trinajstić information content (AvgIpc) is 3.29. The Labute approximate surface area is 196 Å². The quantitative estimate of drug-likeness (QED) is 0.379. The van der Waals surface area contributed by atoms with Gasteiger partial charge in [-0.3, -0.25) is 9.48 Å². The molecule has 1 atom stereocenters. The van der Waals surface area contributed by atoms with Crippen molar-refractivity contribution in [2.75, 3.05) is 19.8 Å². The van der Waals surface area contributed by atoms with Crippen molar-refractivity contribution in [1.82, 2.24) is 29.5 Å². The standard InChI is InChI=1S/C24H26N6O4/c1-3-33-15-20(31)16-34-21-12-25-24(26-13-21)18-6-4-5-17(9-18)10-22-23(32)7-8-30(28-22)19-11-27-29(2)14-19/h4-9,11-14,20,31H,3,10,15-16H2,1-2H3. The summed E-state index contributed by atoms with van der Waals surface area (Å²) in [5.41, 5.74) is 2.80. The van der Waals surface area contributed by atoms with Crippen LogP contribution in [0, 0.1) is 0 Å². The van der Waals surface area contributed by atoms with E-state index in [1.807, 2.05) is 44.4 Å². The normalized spacial score (nSPS) is 12.0. The molecule has 0 aliphatic heterocycles. The highest BCUT2D eigenvalue weighted by Gasteiger charge is 2.10.